The molecule has 1 unspecified atom stereocenters. The Morgan fingerprint density at radius 1 is 0.935 bits per heavy atom. The fraction of sp³-hybridized carbons (Fsp3) is 0.760. The van der Waals surface area contributed by atoms with Crippen LogP contribution in [0.1, 0.15) is 89.1 Å². The quantitative estimate of drug-likeness (QED) is 0.189. The molecule has 0 bridgehead atoms. The van der Waals surface area contributed by atoms with Crippen molar-refractivity contribution in [2.24, 2.45) is 0 Å². The van der Waals surface area contributed by atoms with Crippen molar-refractivity contribution in [1.82, 2.24) is 0 Å². The second kappa shape index (κ2) is 15.1. The number of carboxylic acid groups (broad SMARTS) is 1. The molecule has 1 aromatic heterocycles. The number of esters is 1. The van der Waals surface area contributed by atoms with Crippen molar-refractivity contribution < 1.29 is 28.3 Å². The molecular formula is C25H44NO5+. The molecule has 0 saturated heterocycles. The fourth-order valence-electron chi connectivity index (χ4n) is 3.71. The molecule has 6 heteroatoms. The summed E-state index contributed by atoms with van der Waals surface area (Å²) < 4.78 is 11.9. The summed E-state index contributed by atoms with van der Waals surface area (Å²) in [6.45, 7) is 2.71. The lowest BCUT2D eigenvalue weighted by molar-refractivity contribution is -0.873. The van der Waals surface area contributed by atoms with Gasteiger partial charge in [-0.2, -0.15) is 0 Å². The van der Waals surface area contributed by atoms with Crippen LogP contribution in [-0.4, -0.2) is 55.3 Å². The molecule has 0 aromatic carbocycles. The molecule has 0 spiro atoms. The van der Waals surface area contributed by atoms with E-state index in [2.05, 4.69) is 19.1 Å². The van der Waals surface area contributed by atoms with Crippen LogP contribution in [-0.2, 0) is 27.2 Å². The van der Waals surface area contributed by atoms with Crippen LogP contribution in [0.5, 0.6) is 0 Å². The van der Waals surface area contributed by atoms with E-state index in [1.54, 1.807) is 0 Å². The summed E-state index contributed by atoms with van der Waals surface area (Å²) >= 11 is 0. The van der Waals surface area contributed by atoms with Gasteiger partial charge in [-0.05, 0) is 31.4 Å². The molecule has 0 aliphatic heterocycles. The Kier molecular flexibility index (Phi) is 13.2. The SMILES string of the molecule is CCCCCc1ccc(CCCCCCCCC(=O)OC(CC(=O)O)C[N+](C)(C)C)o1. The van der Waals surface area contributed by atoms with Gasteiger partial charge in [0, 0.05) is 19.3 Å². The standard InChI is InChI=1S/C25H43NO5/c1-5-6-11-14-21-17-18-22(30-21)15-12-9-7-8-10-13-16-25(29)31-23(19-24(27)28)20-26(2,3)4/h17-18,23H,5-16,19-20H2,1-4H3/p+1. The molecule has 6 nitrogen and oxygen atoms in total. The van der Waals surface area contributed by atoms with E-state index < -0.39 is 12.1 Å². The molecule has 1 aromatic rings. The number of likely N-dealkylation sites (N-methyl/N-ethyl adjacent to an activating group) is 1. The molecule has 0 aliphatic carbocycles. The number of rotatable bonds is 18. The van der Waals surface area contributed by atoms with Crippen molar-refractivity contribution in [2.75, 3.05) is 27.7 Å². The van der Waals surface area contributed by atoms with Crippen LogP contribution in [0.3, 0.4) is 0 Å². The molecule has 1 heterocycles. The molecule has 0 amide bonds. The summed E-state index contributed by atoms with van der Waals surface area (Å²) in [6.07, 6.45) is 11.7. The van der Waals surface area contributed by atoms with Gasteiger partial charge >= 0.3 is 11.9 Å². The number of quaternary nitrogens is 1. The first kappa shape index (κ1) is 27.2. The number of carbonyl (C=O) groups is 2. The number of carboxylic acids is 1. The number of aliphatic carboxylic acids is 1. The van der Waals surface area contributed by atoms with Gasteiger partial charge in [-0.15, -0.1) is 0 Å². The summed E-state index contributed by atoms with van der Waals surface area (Å²) in [4.78, 5) is 23.1. The van der Waals surface area contributed by atoms with Crippen molar-refractivity contribution in [1.29, 1.82) is 0 Å². The van der Waals surface area contributed by atoms with Crippen molar-refractivity contribution in [2.45, 2.75) is 96.5 Å². The third-order valence-electron chi connectivity index (χ3n) is 5.25. The maximum absolute atomic E-state index is 12.1. The smallest absolute Gasteiger partial charge is 0.307 e. The van der Waals surface area contributed by atoms with Crippen LogP contribution >= 0.6 is 0 Å². The van der Waals surface area contributed by atoms with E-state index in [-0.39, 0.29) is 12.4 Å². The molecule has 0 fully saturated rings. The lowest BCUT2D eigenvalue weighted by Gasteiger charge is -2.28. The number of furan rings is 1. The van der Waals surface area contributed by atoms with Crippen molar-refractivity contribution in [3.8, 4) is 0 Å². The number of hydrogen-bond acceptors (Lipinski definition) is 4. The van der Waals surface area contributed by atoms with E-state index in [9.17, 15) is 9.59 Å². The number of nitrogens with zero attached hydrogens (tertiary/aromatic N) is 1. The van der Waals surface area contributed by atoms with Crippen molar-refractivity contribution in [3.05, 3.63) is 23.7 Å². The predicted octanol–water partition coefficient (Wildman–Crippen LogP) is 5.38. The Bertz CT molecular complexity index is 632. The lowest BCUT2D eigenvalue weighted by atomic mass is 10.1. The Morgan fingerprint density at radius 2 is 1.48 bits per heavy atom. The molecule has 31 heavy (non-hydrogen) atoms. The Morgan fingerprint density at radius 3 is 2.03 bits per heavy atom. The van der Waals surface area contributed by atoms with Crippen LogP contribution < -0.4 is 0 Å². The van der Waals surface area contributed by atoms with Gasteiger partial charge in [0.25, 0.3) is 0 Å². The van der Waals surface area contributed by atoms with E-state index in [0.29, 0.717) is 17.4 Å². The highest BCUT2D eigenvalue weighted by molar-refractivity contribution is 5.71. The first-order chi connectivity index (χ1) is 14.7. The van der Waals surface area contributed by atoms with Gasteiger partial charge in [0.15, 0.2) is 6.10 Å². The molecule has 1 N–H and O–H groups in total. The largest absolute Gasteiger partial charge is 0.481 e. The first-order valence-electron chi connectivity index (χ1n) is 12.0. The van der Waals surface area contributed by atoms with E-state index >= 15 is 0 Å². The van der Waals surface area contributed by atoms with Gasteiger partial charge in [0.2, 0.25) is 0 Å². The van der Waals surface area contributed by atoms with Gasteiger partial charge in [0.1, 0.15) is 18.1 Å². The van der Waals surface area contributed by atoms with Crippen LogP contribution in [0.25, 0.3) is 0 Å². The fourth-order valence-corrected chi connectivity index (χ4v) is 3.71. The molecule has 0 aliphatic rings. The normalized spacial score (nSPS) is 12.6. The second-order valence-electron chi connectivity index (χ2n) is 9.63. The molecule has 1 atom stereocenters. The number of unbranched alkanes of at least 4 members (excludes halogenated alkanes) is 7. The van der Waals surface area contributed by atoms with Crippen LogP contribution in [0.15, 0.2) is 16.5 Å². The summed E-state index contributed by atoms with van der Waals surface area (Å²) in [7, 11) is 5.88. The first-order valence-corrected chi connectivity index (χ1v) is 12.0. The second-order valence-corrected chi connectivity index (χ2v) is 9.63. The summed E-state index contributed by atoms with van der Waals surface area (Å²) in [5.41, 5.74) is 0. The van der Waals surface area contributed by atoms with Gasteiger partial charge in [0.05, 0.1) is 27.6 Å². The molecule has 0 radical (unpaired) electrons. The summed E-state index contributed by atoms with van der Waals surface area (Å²) in [5, 5.41) is 9.02. The molecule has 1 rings (SSSR count). The van der Waals surface area contributed by atoms with Gasteiger partial charge < -0.3 is 18.7 Å². The van der Waals surface area contributed by atoms with E-state index in [1.165, 1.54) is 25.7 Å². The Balaban J connectivity index is 2.09. The van der Waals surface area contributed by atoms with Gasteiger partial charge in [-0.1, -0.05) is 45.4 Å². The van der Waals surface area contributed by atoms with Crippen molar-refractivity contribution in [3.63, 3.8) is 0 Å². The third-order valence-corrected chi connectivity index (χ3v) is 5.25. The van der Waals surface area contributed by atoms with Crippen LogP contribution in [0.4, 0.5) is 0 Å². The van der Waals surface area contributed by atoms with Crippen molar-refractivity contribution >= 4 is 11.9 Å². The lowest BCUT2D eigenvalue weighted by Crippen LogP contribution is -2.43. The zero-order valence-electron chi connectivity index (χ0n) is 20.2. The minimum absolute atomic E-state index is 0.142. The Labute approximate surface area is 188 Å². The maximum Gasteiger partial charge on any atom is 0.307 e. The average Bonchev–Trinajstić information content (AvgIpc) is 3.09. The van der Waals surface area contributed by atoms with Gasteiger partial charge in [-0.3, -0.25) is 9.59 Å². The minimum Gasteiger partial charge on any atom is -0.481 e. The number of hydrogen-bond donors (Lipinski definition) is 1. The highest BCUT2D eigenvalue weighted by atomic mass is 16.5. The third kappa shape index (κ3) is 14.8. The predicted molar refractivity (Wildman–Crippen MR) is 123 cm³/mol. The summed E-state index contributed by atoms with van der Waals surface area (Å²) in [5.74, 6) is 0.988. The zero-order chi connectivity index (χ0) is 23.1. The zero-order valence-corrected chi connectivity index (χ0v) is 20.2. The molecule has 178 valence electrons. The van der Waals surface area contributed by atoms with Crippen LogP contribution in [0.2, 0.25) is 0 Å². The molecular weight excluding hydrogens is 394 g/mol. The molecule has 0 saturated carbocycles. The topological polar surface area (TPSA) is 76.7 Å². The highest BCUT2D eigenvalue weighted by Gasteiger charge is 2.24. The van der Waals surface area contributed by atoms with E-state index in [0.717, 1.165) is 56.5 Å². The minimum atomic E-state index is -0.937. The average molecular weight is 439 g/mol. The summed E-state index contributed by atoms with van der Waals surface area (Å²) in [6, 6.07) is 4.23. The number of ether oxygens (including phenoxy) is 1. The number of carbonyl (C=O) groups excluding carboxylic acids is 1. The monoisotopic (exact) mass is 438 g/mol. The van der Waals surface area contributed by atoms with E-state index in [1.807, 2.05) is 21.1 Å². The Hall–Kier alpha value is -1.82. The highest BCUT2D eigenvalue weighted by Crippen LogP contribution is 2.16. The maximum atomic E-state index is 12.1. The number of aryl methyl sites for hydroxylation is 2. The van der Waals surface area contributed by atoms with Crippen LogP contribution in [0, 0.1) is 0 Å². The van der Waals surface area contributed by atoms with Gasteiger partial charge in [-0.25, -0.2) is 0 Å². The van der Waals surface area contributed by atoms with E-state index in [4.69, 9.17) is 14.3 Å².